The molecule has 0 fully saturated rings. The van der Waals surface area contributed by atoms with Crippen LogP contribution in [-0.2, 0) is 11.2 Å². The third-order valence-corrected chi connectivity index (χ3v) is 3.86. The van der Waals surface area contributed by atoms with Crippen molar-refractivity contribution < 1.29 is 19.0 Å². The van der Waals surface area contributed by atoms with Crippen LogP contribution in [0.1, 0.15) is 25.8 Å². The lowest BCUT2D eigenvalue weighted by Gasteiger charge is -2.15. The number of carbonyl (C=O) groups is 1. The van der Waals surface area contributed by atoms with E-state index in [1.807, 2.05) is 24.3 Å². The minimum Gasteiger partial charge on any atom is -0.497 e. The highest BCUT2D eigenvalue weighted by Crippen LogP contribution is 2.20. The van der Waals surface area contributed by atoms with Crippen LogP contribution in [0.5, 0.6) is 17.2 Å². The van der Waals surface area contributed by atoms with Crippen molar-refractivity contribution in [1.82, 2.24) is 5.32 Å². The third-order valence-electron chi connectivity index (χ3n) is 3.86. The van der Waals surface area contributed by atoms with Crippen LogP contribution >= 0.6 is 0 Å². The maximum absolute atomic E-state index is 12.1. The summed E-state index contributed by atoms with van der Waals surface area (Å²) in [5.74, 6) is 1.90. The summed E-state index contributed by atoms with van der Waals surface area (Å²) >= 11 is 0. The Kier molecular flexibility index (Phi) is 7.80. The average Bonchev–Trinajstić information content (AvgIpc) is 2.66. The Morgan fingerprint density at radius 2 is 1.81 bits per heavy atom. The van der Waals surface area contributed by atoms with Crippen LogP contribution in [0.15, 0.2) is 48.5 Å². The topological polar surface area (TPSA) is 56.8 Å². The highest BCUT2D eigenvalue weighted by Gasteiger charge is 2.14. The largest absolute Gasteiger partial charge is 0.497 e. The van der Waals surface area contributed by atoms with E-state index in [4.69, 9.17) is 14.2 Å². The lowest BCUT2D eigenvalue weighted by atomic mass is 10.1. The van der Waals surface area contributed by atoms with E-state index in [0.717, 1.165) is 18.6 Å². The molecule has 26 heavy (non-hydrogen) atoms. The van der Waals surface area contributed by atoms with Crippen molar-refractivity contribution in [2.24, 2.45) is 0 Å². The molecule has 2 aromatic rings. The van der Waals surface area contributed by atoms with Crippen molar-refractivity contribution in [3.63, 3.8) is 0 Å². The van der Waals surface area contributed by atoms with E-state index in [0.29, 0.717) is 24.7 Å². The van der Waals surface area contributed by atoms with Gasteiger partial charge in [0.15, 0.2) is 6.10 Å². The molecular formula is C21H27NO4. The summed E-state index contributed by atoms with van der Waals surface area (Å²) in [5.41, 5.74) is 1.30. The molecule has 0 saturated carbocycles. The fourth-order valence-corrected chi connectivity index (χ4v) is 2.46. The molecule has 0 aromatic heterocycles. The molecule has 0 aliphatic carbocycles. The Morgan fingerprint density at radius 3 is 2.50 bits per heavy atom. The zero-order valence-electron chi connectivity index (χ0n) is 15.7. The second kappa shape index (κ2) is 10.3. The first-order valence-electron chi connectivity index (χ1n) is 8.92. The summed E-state index contributed by atoms with van der Waals surface area (Å²) in [4.78, 5) is 12.1. The second-order valence-electron chi connectivity index (χ2n) is 5.97. The van der Waals surface area contributed by atoms with Crippen LogP contribution in [0.2, 0.25) is 0 Å². The summed E-state index contributed by atoms with van der Waals surface area (Å²) in [6.07, 6.45) is 1.60. The van der Waals surface area contributed by atoms with Gasteiger partial charge < -0.3 is 19.5 Å². The van der Waals surface area contributed by atoms with E-state index in [1.165, 1.54) is 5.56 Å². The lowest BCUT2D eigenvalue weighted by molar-refractivity contribution is -0.127. The van der Waals surface area contributed by atoms with Crippen LogP contribution in [0.25, 0.3) is 0 Å². The summed E-state index contributed by atoms with van der Waals surface area (Å²) in [6, 6.07) is 15.2. The van der Waals surface area contributed by atoms with Crippen LogP contribution in [0, 0.1) is 0 Å². The molecule has 5 nitrogen and oxygen atoms in total. The molecule has 0 bridgehead atoms. The Hall–Kier alpha value is -2.69. The number of hydrogen-bond donors (Lipinski definition) is 1. The lowest BCUT2D eigenvalue weighted by Crippen LogP contribution is -2.38. The van der Waals surface area contributed by atoms with Gasteiger partial charge in [0.05, 0.1) is 13.7 Å². The Morgan fingerprint density at radius 1 is 1.08 bits per heavy atom. The van der Waals surface area contributed by atoms with Gasteiger partial charge in [-0.1, -0.05) is 31.5 Å². The molecule has 2 aromatic carbocycles. The Balaban J connectivity index is 1.70. The van der Waals surface area contributed by atoms with Crippen LogP contribution in [0.3, 0.4) is 0 Å². The average molecular weight is 357 g/mol. The highest BCUT2D eigenvalue weighted by molar-refractivity contribution is 5.80. The van der Waals surface area contributed by atoms with Gasteiger partial charge in [0, 0.05) is 6.07 Å². The standard InChI is InChI=1S/C21H27NO4/c1-4-6-17-9-11-18(12-10-17)25-14-13-22-21(23)16(2)26-20-8-5-7-19(15-20)24-3/h5,7-12,15-16H,4,6,13-14H2,1-3H3,(H,22,23). The van der Waals surface area contributed by atoms with E-state index < -0.39 is 6.10 Å². The molecular weight excluding hydrogens is 330 g/mol. The molecule has 0 aliphatic rings. The Labute approximate surface area is 155 Å². The zero-order chi connectivity index (χ0) is 18.8. The van der Waals surface area contributed by atoms with Gasteiger partial charge in [-0.15, -0.1) is 0 Å². The van der Waals surface area contributed by atoms with Gasteiger partial charge in [0.25, 0.3) is 5.91 Å². The molecule has 0 heterocycles. The molecule has 140 valence electrons. The number of ether oxygens (including phenoxy) is 3. The number of aryl methyl sites for hydroxylation is 1. The highest BCUT2D eigenvalue weighted by atomic mass is 16.5. The van der Waals surface area contributed by atoms with Gasteiger partial charge in [-0.3, -0.25) is 4.79 Å². The van der Waals surface area contributed by atoms with Gasteiger partial charge in [0.2, 0.25) is 0 Å². The van der Waals surface area contributed by atoms with Crippen LogP contribution < -0.4 is 19.5 Å². The van der Waals surface area contributed by atoms with E-state index >= 15 is 0 Å². The van der Waals surface area contributed by atoms with Crippen molar-refractivity contribution in [3.8, 4) is 17.2 Å². The molecule has 0 spiro atoms. The number of methoxy groups -OCH3 is 1. The second-order valence-corrected chi connectivity index (χ2v) is 5.97. The predicted octanol–water partition coefficient (Wildman–Crippen LogP) is 3.61. The van der Waals surface area contributed by atoms with Gasteiger partial charge in [-0.05, 0) is 43.2 Å². The van der Waals surface area contributed by atoms with Gasteiger partial charge in [-0.25, -0.2) is 0 Å². The van der Waals surface area contributed by atoms with Crippen molar-refractivity contribution in [1.29, 1.82) is 0 Å². The minimum absolute atomic E-state index is 0.185. The number of carbonyl (C=O) groups excluding carboxylic acids is 1. The number of rotatable bonds is 10. The van der Waals surface area contributed by atoms with Crippen molar-refractivity contribution in [2.45, 2.75) is 32.8 Å². The van der Waals surface area contributed by atoms with Crippen LogP contribution in [0.4, 0.5) is 0 Å². The van der Waals surface area contributed by atoms with Crippen LogP contribution in [-0.4, -0.2) is 32.3 Å². The molecule has 0 aliphatic heterocycles. The first-order valence-corrected chi connectivity index (χ1v) is 8.92. The zero-order valence-corrected chi connectivity index (χ0v) is 15.7. The van der Waals surface area contributed by atoms with Gasteiger partial charge >= 0.3 is 0 Å². The maximum atomic E-state index is 12.1. The smallest absolute Gasteiger partial charge is 0.260 e. The number of amides is 1. The van der Waals surface area contributed by atoms with E-state index in [-0.39, 0.29) is 5.91 Å². The molecule has 1 N–H and O–H groups in total. The molecule has 1 unspecified atom stereocenters. The van der Waals surface area contributed by atoms with Crippen molar-refractivity contribution in [2.75, 3.05) is 20.3 Å². The summed E-state index contributed by atoms with van der Waals surface area (Å²) < 4.78 is 16.4. The van der Waals surface area contributed by atoms with Gasteiger partial charge in [-0.2, -0.15) is 0 Å². The monoisotopic (exact) mass is 357 g/mol. The van der Waals surface area contributed by atoms with E-state index in [9.17, 15) is 4.79 Å². The Bertz CT molecular complexity index is 685. The molecule has 1 atom stereocenters. The maximum Gasteiger partial charge on any atom is 0.260 e. The number of nitrogens with one attached hydrogen (secondary N) is 1. The minimum atomic E-state index is -0.601. The summed E-state index contributed by atoms with van der Waals surface area (Å²) in [6.45, 7) is 4.69. The number of benzene rings is 2. The predicted molar refractivity (Wildman–Crippen MR) is 102 cm³/mol. The van der Waals surface area contributed by atoms with E-state index in [2.05, 4.69) is 24.4 Å². The fraction of sp³-hybridized carbons (Fsp3) is 0.381. The fourth-order valence-electron chi connectivity index (χ4n) is 2.46. The first-order chi connectivity index (χ1) is 12.6. The SMILES string of the molecule is CCCc1ccc(OCCNC(=O)C(C)Oc2cccc(OC)c2)cc1. The third kappa shape index (κ3) is 6.31. The molecule has 0 radical (unpaired) electrons. The summed E-state index contributed by atoms with van der Waals surface area (Å²) in [5, 5.41) is 2.81. The molecule has 2 rings (SSSR count). The van der Waals surface area contributed by atoms with Crippen molar-refractivity contribution >= 4 is 5.91 Å². The molecule has 5 heteroatoms. The first kappa shape index (κ1) is 19.6. The van der Waals surface area contributed by atoms with Gasteiger partial charge in [0.1, 0.15) is 23.9 Å². The van der Waals surface area contributed by atoms with E-state index in [1.54, 1.807) is 26.2 Å². The molecule has 0 saturated heterocycles. The summed E-state index contributed by atoms with van der Waals surface area (Å²) in [7, 11) is 1.59. The normalized spacial score (nSPS) is 11.5. The quantitative estimate of drug-likeness (QED) is 0.660. The number of hydrogen-bond acceptors (Lipinski definition) is 4. The molecule has 1 amide bonds. The van der Waals surface area contributed by atoms with Crippen molar-refractivity contribution in [3.05, 3.63) is 54.1 Å².